The van der Waals surface area contributed by atoms with Crippen molar-refractivity contribution >= 4 is 17.5 Å². The maximum absolute atomic E-state index is 12.6. The molecule has 0 unspecified atom stereocenters. The first-order valence-corrected chi connectivity index (χ1v) is 8.18. The maximum atomic E-state index is 12.6. The van der Waals surface area contributed by atoms with Crippen molar-refractivity contribution in [1.82, 2.24) is 9.80 Å². The highest BCUT2D eigenvalue weighted by Crippen LogP contribution is 2.22. The Bertz CT molecular complexity index is 581. The number of aryl methyl sites for hydroxylation is 3. The molecule has 0 aliphatic carbocycles. The Hall–Kier alpha value is -1.88. The SMILES string of the molecule is CC(=O)N1CCN([C@@H](C)C(=O)Nc2c(C)cc(C)cc2C)CC1. The highest BCUT2D eigenvalue weighted by Gasteiger charge is 2.26. The van der Waals surface area contributed by atoms with Crippen LogP contribution in [-0.2, 0) is 9.59 Å². The molecule has 1 fully saturated rings. The van der Waals surface area contributed by atoms with E-state index in [1.54, 1.807) is 6.92 Å². The molecule has 5 nitrogen and oxygen atoms in total. The molecule has 1 aliphatic heterocycles. The first-order chi connectivity index (χ1) is 10.8. The topological polar surface area (TPSA) is 52.7 Å². The molecule has 0 radical (unpaired) electrons. The summed E-state index contributed by atoms with van der Waals surface area (Å²) < 4.78 is 0. The normalized spacial score (nSPS) is 17.0. The number of rotatable bonds is 3. The number of amides is 2. The number of piperazine rings is 1. The fourth-order valence-corrected chi connectivity index (χ4v) is 3.19. The Balaban J connectivity index is 2.00. The van der Waals surface area contributed by atoms with E-state index in [1.807, 2.05) is 25.7 Å². The summed E-state index contributed by atoms with van der Waals surface area (Å²) in [4.78, 5) is 27.9. The van der Waals surface area contributed by atoms with E-state index < -0.39 is 0 Å². The molecular weight excluding hydrogens is 290 g/mol. The summed E-state index contributed by atoms with van der Waals surface area (Å²) in [6.07, 6.45) is 0. The van der Waals surface area contributed by atoms with Gasteiger partial charge in [0.05, 0.1) is 6.04 Å². The van der Waals surface area contributed by atoms with Gasteiger partial charge in [-0.15, -0.1) is 0 Å². The van der Waals surface area contributed by atoms with Crippen LogP contribution in [0.5, 0.6) is 0 Å². The highest BCUT2D eigenvalue weighted by atomic mass is 16.2. The Labute approximate surface area is 138 Å². The van der Waals surface area contributed by atoms with Crippen molar-refractivity contribution in [3.8, 4) is 0 Å². The third kappa shape index (κ3) is 4.10. The van der Waals surface area contributed by atoms with Crippen LogP contribution < -0.4 is 5.32 Å². The average molecular weight is 317 g/mol. The van der Waals surface area contributed by atoms with Gasteiger partial charge in [0.25, 0.3) is 0 Å². The molecule has 1 saturated heterocycles. The zero-order valence-corrected chi connectivity index (χ0v) is 14.8. The lowest BCUT2D eigenvalue weighted by atomic mass is 10.0. The van der Waals surface area contributed by atoms with E-state index in [4.69, 9.17) is 0 Å². The quantitative estimate of drug-likeness (QED) is 0.929. The van der Waals surface area contributed by atoms with E-state index in [9.17, 15) is 9.59 Å². The highest BCUT2D eigenvalue weighted by molar-refractivity contribution is 5.96. The van der Waals surface area contributed by atoms with Gasteiger partial charge in [0.15, 0.2) is 0 Å². The lowest BCUT2D eigenvalue weighted by Crippen LogP contribution is -2.53. The Morgan fingerprint density at radius 3 is 2.04 bits per heavy atom. The van der Waals surface area contributed by atoms with Crippen LogP contribution in [0.1, 0.15) is 30.5 Å². The van der Waals surface area contributed by atoms with Crippen LogP contribution in [0.25, 0.3) is 0 Å². The van der Waals surface area contributed by atoms with Gasteiger partial charge in [-0.2, -0.15) is 0 Å². The Morgan fingerprint density at radius 1 is 1.04 bits per heavy atom. The van der Waals surface area contributed by atoms with Crippen molar-refractivity contribution in [2.24, 2.45) is 0 Å². The number of benzene rings is 1. The van der Waals surface area contributed by atoms with Crippen LogP contribution in [0.3, 0.4) is 0 Å². The molecule has 0 bridgehead atoms. The van der Waals surface area contributed by atoms with Gasteiger partial charge in [-0.1, -0.05) is 17.7 Å². The van der Waals surface area contributed by atoms with Crippen LogP contribution >= 0.6 is 0 Å². The summed E-state index contributed by atoms with van der Waals surface area (Å²) in [5.74, 6) is 0.115. The second kappa shape index (κ2) is 7.13. The van der Waals surface area contributed by atoms with E-state index >= 15 is 0 Å². The number of nitrogens with zero attached hydrogens (tertiary/aromatic N) is 2. The molecule has 5 heteroatoms. The summed E-state index contributed by atoms with van der Waals surface area (Å²) in [6, 6.07) is 3.96. The van der Waals surface area contributed by atoms with E-state index in [2.05, 4.69) is 29.3 Å². The van der Waals surface area contributed by atoms with Gasteiger partial charge in [-0.05, 0) is 38.8 Å². The van der Waals surface area contributed by atoms with E-state index in [-0.39, 0.29) is 17.9 Å². The minimum absolute atomic E-state index is 0.0105. The number of nitrogens with one attached hydrogen (secondary N) is 1. The molecule has 2 rings (SSSR count). The molecule has 0 saturated carbocycles. The minimum atomic E-state index is -0.204. The molecule has 1 N–H and O–H groups in total. The molecular formula is C18H27N3O2. The van der Waals surface area contributed by atoms with Crippen molar-refractivity contribution in [2.75, 3.05) is 31.5 Å². The Morgan fingerprint density at radius 2 is 1.57 bits per heavy atom. The van der Waals surface area contributed by atoms with Crippen LogP contribution in [0.15, 0.2) is 12.1 Å². The van der Waals surface area contributed by atoms with Crippen molar-refractivity contribution in [3.05, 3.63) is 28.8 Å². The fraction of sp³-hybridized carbons (Fsp3) is 0.556. The molecule has 1 aromatic carbocycles. The van der Waals surface area contributed by atoms with Gasteiger partial charge in [0, 0.05) is 38.8 Å². The number of carbonyl (C=O) groups is 2. The molecule has 1 heterocycles. The van der Waals surface area contributed by atoms with Crippen LogP contribution in [0.2, 0.25) is 0 Å². The number of hydrogen-bond acceptors (Lipinski definition) is 3. The first-order valence-electron chi connectivity index (χ1n) is 8.18. The molecule has 1 aromatic rings. The van der Waals surface area contributed by atoms with Gasteiger partial charge in [0.1, 0.15) is 0 Å². The van der Waals surface area contributed by atoms with E-state index in [1.165, 1.54) is 5.56 Å². The first kappa shape index (κ1) is 17.5. The fourth-order valence-electron chi connectivity index (χ4n) is 3.19. The lowest BCUT2D eigenvalue weighted by molar-refractivity contribution is -0.131. The number of anilines is 1. The number of hydrogen-bond donors (Lipinski definition) is 1. The summed E-state index contributed by atoms with van der Waals surface area (Å²) in [6.45, 7) is 12.5. The second-order valence-electron chi connectivity index (χ2n) is 6.48. The summed E-state index contributed by atoms with van der Waals surface area (Å²) >= 11 is 0. The zero-order valence-electron chi connectivity index (χ0n) is 14.8. The van der Waals surface area contributed by atoms with Gasteiger partial charge in [-0.3, -0.25) is 14.5 Å². The molecule has 0 spiro atoms. The van der Waals surface area contributed by atoms with Crippen molar-refractivity contribution in [3.63, 3.8) is 0 Å². The number of carbonyl (C=O) groups excluding carboxylic acids is 2. The van der Waals surface area contributed by atoms with Gasteiger partial charge in [0.2, 0.25) is 11.8 Å². The summed E-state index contributed by atoms with van der Waals surface area (Å²) in [7, 11) is 0. The lowest BCUT2D eigenvalue weighted by Gasteiger charge is -2.37. The van der Waals surface area contributed by atoms with Gasteiger partial charge in [-0.25, -0.2) is 0 Å². The van der Waals surface area contributed by atoms with Gasteiger partial charge < -0.3 is 10.2 Å². The molecule has 0 aromatic heterocycles. The van der Waals surface area contributed by atoms with Crippen molar-refractivity contribution in [1.29, 1.82) is 0 Å². The van der Waals surface area contributed by atoms with E-state index in [0.717, 1.165) is 29.9 Å². The Kier molecular flexibility index (Phi) is 5.42. The van der Waals surface area contributed by atoms with Crippen LogP contribution in [0, 0.1) is 20.8 Å². The predicted molar refractivity (Wildman–Crippen MR) is 92.6 cm³/mol. The summed E-state index contributed by atoms with van der Waals surface area (Å²) in [5.41, 5.74) is 4.29. The standard InChI is InChI=1S/C18H27N3O2/c1-12-10-13(2)17(14(3)11-12)19-18(23)15(4)20-6-8-21(9-7-20)16(5)22/h10-11,15H,6-9H2,1-5H3,(H,19,23)/t15-/m0/s1. The van der Waals surface area contributed by atoms with Crippen molar-refractivity contribution in [2.45, 2.75) is 40.7 Å². The average Bonchev–Trinajstić information content (AvgIpc) is 2.50. The molecule has 126 valence electrons. The third-order valence-electron chi connectivity index (χ3n) is 4.61. The van der Waals surface area contributed by atoms with Gasteiger partial charge >= 0.3 is 0 Å². The molecule has 23 heavy (non-hydrogen) atoms. The zero-order chi connectivity index (χ0) is 17.1. The summed E-state index contributed by atoms with van der Waals surface area (Å²) in [5, 5.41) is 3.08. The van der Waals surface area contributed by atoms with Crippen LogP contribution in [0.4, 0.5) is 5.69 Å². The van der Waals surface area contributed by atoms with Crippen LogP contribution in [-0.4, -0.2) is 53.8 Å². The molecule has 1 atom stereocenters. The van der Waals surface area contributed by atoms with Crippen molar-refractivity contribution < 1.29 is 9.59 Å². The minimum Gasteiger partial charge on any atom is -0.340 e. The third-order valence-corrected chi connectivity index (χ3v) is 4.61. The predicted octanol–water partition coefficient (Wildman–Crippen LogP) is 2.10. The molecule has 2 amide bonds. The maximum Gasteiger partial charge on any atom is 0.241 e. The van der Waals surface area contributed by atoms with E-state index in [0.29, 0.717) is 13.1 Å². The molecule has 1 aliphatic rings. The monoisotopic (exact) mass is 317 g/mol. The smallest absolute Gasteiger partial charge is 0.241 e. The largest absolute Gasteiger partial charge is 0.340 e. The second-order valence-corrected chi connectivity index (χ2v) is 6.48.